The molecule has 1 N–H and O–H groups in total. The van der Waals surface area contributed by atoms with Crippen LogP contribution in [0.15, 0.2) is 30.3 Å². The van der Waals surface area contributed by atoms with Crippen molar-refractivity contribution >= 4 is 16.0 Å². The summed E-state index contributed by atoms with van der Waals surface area (Å²) in [5.74, 6) is -0.977. The Morgan fingerprint density at radius 3 is 2.52 bits per heavy atom. The summed E-state index contributed by atoms with van der Waals surface area (Å²) in [6.07, 6.45) is 0.965. The Hall–Kier alpha value is -1.44. The van der Waals surface area contributed by atoms with Crippen LogP contribution in [0, 0.1) is 0 Å². The number of hydrogen-bond acceptors (Lipinski definition) is 4. The second-order valence-corrected chi connectivity index (χ2v) is 7.28. The molecule has 1 heterocycles. The lowest BCUT2D eigenvalue weighted by Crippen LogP contribution is -2.55. The Morgan fingerprint density at radius 1 is 1.29 bits per heavy atom. The van der Waals surface area contributed by atoms with E-state index in [4.69, 9.17) is 5.11 Å². The van der Waals surface area contributed by atoms with Crippen molar-refractivity contribution in [1.82, 2.24) is 9.21 Å². The van der Waals surface area contributed by atoms with E-state index >= 15 is 0 Å². The van der Waals surface area contributed by atoms with Gasteiger partial charge in [-0.25, -0.2) is 8.42 Å². The fourth-order valence-electron chi connectivity index (χ4n) is 2.69. The molecule has 116 valence electrons. The molecule has 0 amide bonds. The van der Waals surface area contributed by atoms with Crippen molar-refractivity contribution in [3.8, 4) is 0 Å². The van der Waals surface area contributed by atoms with Gasteiger partial charge in [-0.2, -0.15) is 4.31 Å². The number of carboxylic acids is 1. The molecule has 1 saturated heterocycles. The second-order valence-electron chi connectivity index (χ2n) is 5.35. The monoisotopic (exact) mass is 312 g/mol. The highest BCUT2D eigenvalue weighted by molar-refractivity contribution is 7.88. The van der Waals surface area contributed by atoms with Crippen LogP contribution in [-0.4, -0.2) is 60.6 Å². The first-order chi connectivity index (χ1) is 9.86. The van der Waals surface area contributed by atoms with Gasteiger partial charge in [0.15, 0.2) is 0 Å². The lowest BCUT2D eigenvalue weighted by atomic mass is 10.1. The molecule has 1 aliphatic rings. The van der Waals surface area contributed by atoms with Gasteiger partial charge in [0.05, 0.1) is 12.7 Å². The van der Waals surface area contributed by atoms with Crippen molar-refractivity contribution < 1.29 is 18.3 Å². The van der Waals surface area contributed by atoms with E-state index in [1.54, 1.807) is 0 Å². The van der Waals surface area contributed by atoms with Gasteiger partial charge in [-0.1, -0.05) is 30.3 Å². The van der Waals surface area contributed by atoms with E-state index in [0.717, 1.165) is 11.8 Å². The summed E-state index contributed by atoms with van der Waals surface area (Å²) in [4.78, 5) is 13.1. The predicted molar refractivity (Wildman–Crippen MR) is 79.3 cm³/mol. The average molecular weight is 312 g/mol. The van der Waals surface area contributed by atoms with Gasteiger partial charge in [0, 0.05) is 32.2 Å². The molecule has 0 aromatic heterocycles. The number of aliphatic carboxylic acids is 1. The number of benzene rings is 1. The zero-order chi connectivity index (χ0) is 15.5. The molecule has 0 radical (unpaired) electrons. The molecule has 1 fully saturated rings. The van der Waals surface area contributed by atoms with Crippen LogP contribution >= 0.6 is 0 Å². The van der Waals surface area contributed by atoms with Crippen molar-refractivity contribution in [2.75, 3.05) is 25.9 Å². The molecule has 21 heavy (non-hydrogen) atoms. The van der Waals surface area contributed by atoms with Crippen LogP contribution in [0.25, 0.3) is 0 Å². The Balaban J connectivity index is 2.07. The number of carboxylic acid groups (broad SMARTS) is 1. The average Bonchev–Trinajstić information content (AvgIpc) is 2.38. The summed E-state index contributed by atoms with van der Waals surface area (Å²) < 4.78 is 24.8. The van der Waals surface area contributed by atoms with Gasteiger partial charge < -0.3 is 5.11 Å². The molecular weight excluding hydrogens is 292 g/mol. The molecule has 0 unspecified atom stereocenters. The van der Waals surface area contributed by atoms with Gasteiger partial charge in [-0.3, -0.25) is 9.69 Å². The minimum Gasteiger partial charge on any atom is -0.481 e. The Kier molecular flexibility index (Phi) is 4.97. The molecular formula is C14H20N2O4S. The fraction of sp³-hybridized carbons (Fsp3) is 0.500. The molecule has 1 aromatic carbocycles. The van der Waals surface area contributed by atoms with Gasteiger partial charge in [-0.15, -0.1) is 0 Å². The maximum atomic E-state index is 11.8. The van der Waals surface area contributed by atoms with Gasteiger partial charge >= 0.3 is 5.97 Å². The number of carbonyl (C=O) groups is 1. The van der Waals surface area contributed by atoms with Gasteiger partial charge in [0.25, 0.3) is 0 Å². The third kappa shape index (κ3) is 4.52. The fourth-order valence-corrected chi connectivity index (χ4v) is 3.79. The lowest BCUT2D eigenvalue weighted by molar-refractivity contribution is -0.138. The maximum absolute atomic E-state index is 11.8. The standard InChI is InChI=1S/C14H20N2O4S/c1-21(19,20)16-8-7-15(11-13(16)9-14(17)18)10-12-5-3-2-4-6-12/h2-6,13H,7-11H2,1H3,(H,17,18)/t13-/m1/s1. The van der Waals surface area contributed by atoms with E-state index in [-0.39, 0.29) is 6.42 Å². The van der Waals surface area contributed by atoms with Crippen LogP contribution in [0.5, 0.6) is 0 Å². The first-order valence-corrected chi connectivity index (χ1v) is 8.66. The molecule has 1 aliphatic heterocycles. The van der Waals surface area contributed by atoms with Crippen LogP contribution in [0.2, 0.25) is 0 Å². The third-order valence-electron chi connectivity index (χ3n) is 3.60. The highest BCUT2D eigenvalue weighted by Gasteiger charge is 2.33. The molecule has 7 heteroatoms. The SMILES string of the molecule is CS(=O)(=O)N1CCN(Cc2ccccc2)C[C@H]1CC(=O)O. The summed E-state index contributed by atoms with van der Waals surface area (Å²) in [7, 11) is -3.37. The zero-order valence-electron chi connectivity index (χ0n) is 12.0. The Labute approximate surface area is 125 Å². The number of sulfonamides is 1. The largest absolute Gasteiger partial charge is 0.481 e. The second kappa shape index (κ2) is 6.55. The molecule has 0 aliphatic carbocycles. The maximum Gasteiger partial charge on any atom is 0.305 e. The number of piperazine rings is 1. The van der Waals surface area contributed by atoms with Crippen molar-refractivity contribution in [2.45, 2.75) is 19.0 Å². The van der Waals surface area contributed by atoms with Crippen molar-refractivity contribution in [1.29, 1.82) is 0 Å². The number of nitrogens with zero attached hydrogens (tertiary/aromatic N) is 2. The molecule has 2 rings (SSSR count). The Bertz CT molecular complexity index is 588. The van der Waals surface area contributed by atoms with Gasteiger partial charge in [0.1, 0.15) is 0 Å². The molecule has 1 aromatic rings. The molecule has 0 saturated carbocycles. The van der Waals surface area contributed by atoms with Crippen LogP contribution in [0.4, 0.5) is 0 Å². The summed E-state index contributed by atoms with van der Waals surface area (Å²) in [5, 5.41) is 8.99. The molecule has 1 atom stereocenters. The number of rotatable bonds is 5. The smallest absolute Gasteiger partial charge is 0.305 e. The normalized spacial score (nSPS) is 21.3. The minimum atomic E-state index is -3.37. The van der Waals surface area contributed by atoms with Crippen molar-refractivity contribution in [2.24, 2.45) is 0 Å². The molecule has 0 spiro atoms. The summed E-state index contributed by atoms with van der Waals surface area (Å²) >= 11 is 0. The van der Waals surface area contributed by atoms with E-state index < -0.39 is 22.0 Å². The van der Waals surface area contributed by atoms with E-state index in [0.29, 0.717) is 26.2 Å². The summed E-state index contributed by atoms with van der Waals surface area (Å²) in [6.45, 7) is 2.09. The van der Waals surface area contributed by atoms with Crippen LogP contribution in [-0.2, 0) is 21.4 Å². The van der Waals surface area contributed by atoms with Crippen LogP contribution in [0.1, 0.15) is 12.0 Å². The van der Waals surface area contributed by atoms with Gasteiger partial charge in [0.2, 0.25) is 10.0 Å². The topological polar surface area (TPSA) is 77.9 Å². The van der Waals surface area contributed by atoms with E-state index in [1.165, 1.54) is 4.31 Å². The highest BCUT2D eigenvalue weighted by Crippen LogP contribution is 2.18. The molecule has 6 nitrogen and oxygen atoms in total. The van der Waals surface area contributed by atoms with Crippen LogP contribution < -0.4 is 0 Å². The number of hydrogen-bond donors (Lipinski definition) is 1. The van der Waals surface area contributed by atoms with Crippen molar-refractivity contribution in [3.63, 3.8) is 0 Å². The van der Waals surface area contributed by atoms with E-state index in [9.17, 15) is 13.2 Å². The zero-order valence-corrected chi connectivity index (χ0v) is 12.8. The predicted octanol–water partition coefficient (Wildman–Crippen LogP) is 0.607. The van der Waals surface area contributed by atoms with Crippen molar-refractivity contribution in [3.05, 3.63) is 35.9 Å². The first-order valence-electron chi connectivity index (χ1n) is 6.81. The molecule has 0 bridgehead atoms. The third-order valence-corrected chi connectivity index (χ3v) is 4.93. The van der Waals surface area contributed by atoms with Crippen LogP contribution in [0.3, 0.4) is 0 Å². The van der Waals surface area contributed by atoms with E-state index in [1.807, 2.05) is 30.3 Å². The highest BCUT2D eigenvalue weighted by atomic mass is 32.2. The van der Waals surface area contributed by atoms with E-state index in [2.05, 4.69) is 4.90 Å². The summed E-state index contributed by atoms with van der Waals surface area (Å²) in [5.41, 5.74) is 1.14. The Morgan fingerprint density at radius 2 is 1.95 bits per heavy atom. The quantitative estimate of drug-likeness (QED) is 0.862. The minimum absolute atomic E-state index is 0.168. The first kappa shape index (κ1) is 15.9. The lowest BCUT2D eigenvalue weighted by Gasteiger charge is -2.39. The summed E-state index contributed by atoms with van der Waals surface area (Å²) in [6, 6.07) is 9.37. The van der Waals surface area contributed by atoms with Gasteiger partial charge in [-0.05, 0) is 5.56 Å².